The number of aryl methyl sites for hydroxylation is 1. The van der Waals surface area contributed by atoms with Crippen molar-refractivity contribution in [2.75, 3.05) is 11.5 Å². The summed E-state index contributed by atoms with van der Waals surface area (Å²) in [5, 5.41) is 0. The van der Waals surface area contributed by atoms with Crippen molar-refractivity contribution in [3.05, 3.63) is 59.6 Å². The van der Waals surface area contributed by atoms with Gasteiger partial charge in [-0.05, 0) is 89.4 Å². The summed E-state index contributed by atoms with van der Waals surface area (Å²) >= 11 is 11.3. The quantitative estimate of drug-likeness (QED) is 0.242. The second-order valence-electron chi connectivity index (χ2n) is 5.59. The van der Waals surface area contributed by atoms with Crippen LogP contribution < -0.4 is 9.64 Å². The number of thioether (sulfide) groups is 1. The lowest BCUT2D eigenvalue weighted by Crippen LogP contribution is -2.27. The van der Waals surface area contributed by atoms with Gasteiger partial charge in [0.05, 0.1) is 20.8 Å². The van der Waals surface area contributed by atoms with E-state index in [1.807, 2.05) is 50.3 Å². The zero-order valence-electron chi connectivity index (χ0n) is 14.1. The second kappa shape index (κ2) is 8.57. The molecule has 2 aromatic carbocycles. The maximum absolute atomic E-state index is 12.9. The van der Waals surface area contributed by atoms with Gasteiger partial charge >= 0.3 is 0 Å². The number of carbonyl (C=O) groups excluding carboxylic acids is 1. The smallest absolute Gasteiger partial charge is 0.270 e. The summed E-state index contributed by atoms with van der Waals surface area (Å²) in [5.74, 6) is 0.703. The Morgan fingerprint density at radius 3 is 2.58 bits per heavy atom. The first kappa shape index (κ1) is 20.1. The van der Waals surface area contributed by atoms with Crippen molar-refractivity contribution in [3.63, 3.8) is 0 Å². The fourth-order valence-corrected chi connectivity index (χ4v) is 5.84. The first-order chi connectivity index (χ1) is 12.4. The average Bonchev–Trinajstić information content (AvgIpc) is 2.86. The molecule has 3 rings (SSSR count). The minimum atomic E-state index is -0.0971. The molecule has 0 radical (unpaired) electrons. The Morgan fingerprint density at radius 2 is 1.92 bits per heavy atom. The van der Waals surface area contributed by atoms with E-state index in [4.69, 9.17) is 17.0 Å². The molecule has 1 aliphatic rings. The molecule has 1 saturated heterocycles. The highest BCUT2D eigenvalue weighted by molar-refractivity contribution is 14.1. The van der Waals surface area contributed by atoms with Gasteiger partial charge in [-0.3, -0.25) is 9.69 Å². The molecule has 2 aromatic rings. The molecular weight excluding hydrogens is 592 g/mol. The van der Waals surface area contributed by atoms with E-state index in [1.165, 1.54) is 11.8 Å². The summed E-state index contributed by atoms with van der Waals surface area (Å²) in [6, 6.07) is 11.9. The highest BCUT2D eigenvalue weighted by Crippen LogP contribution is 2.38. The molecule has 134 valence electrons. The maximum atomic E-state index is 12.9. The number of thiocarbonyl (C=S) groups is 1. The number of hydrogen-bond acceptors (Lipinski definition) is 4. The van der Waals surface area contributed by atoms with Gasteiger partial charge in [0.1, 0.15) is 5.75 Å². The van der Waals surface area contributed by atoms with Crippen LogP contribution >= 0.6 is 69.2 Å². The number of nitrogens with zero attached hydrogens (tertiary/aromatic N) is 1. The van der Waals surface area contributed by atoms with Crippen LogP contribution in [0.4, 0.5) is 5.69 Å². The van der Waals surface area contributed by atoms with Crippen LogP contribution in [0.25, 0.3) is 6.08 Å². The van der Waals surface area contributed by atoms with Gasteiger partial charge in [-0.25, -0.2) is 0 Å². The number of benzene rings is 2. The Kier molecular flexibility index (Phi) is 6.63. The lowest BCUT2D eigenvalue weighted by Gasteiger charge is -2.14. The minimum Gasteiger partial charge on any atom is -0.492 e. The molecule has 1 heterocycles. The lowest BCUT2D eigenvalue weighted by atomic mass is 10.1. The summed E-state index contributed by atoms with van der Waals surface area (Å²) in [7, 11) is 0. The van der Waals surface area contributed by atoms with Crippen molar-refractivity contribution >= 4 is 91.2 Å². The number of carbonyl (C=O) groups is 1. The van der Waals surface area contributed by atoms with Crippen LogP contribution in [-0.4, -0.2) is 16.8 Å². The highest BCUT2D eigenvalue weighted by atomic mass is 127. The van der Waals surface area contributed by atoms with Gasteiger partial charge in [0.25, 0.3) is 5.91 Å². The fraction of sp³-hybridized carbons (Fsp3) is 0.158. The van der Waals surface area contributed by atoms with Gasteiger partial charge in [0.2, 0.25) is 0 Å². The lowest BCUT2D eigenvalue weighted by molar-refractivity contribution is -0.113. The molecular formula is C19H15I2NO2S2. The summed E-state index contributed by atoms with van der Waals surface area (Å²) in [5.41, 5.74) is 2.83. The monoisotopic (exact) mass is 607 g/mol. The maximum Gasteiger partial charge on any atom is 0.270 e. The molecule has 1 amide bonds. The van der Waals surface area contributed by atoms with Gasteiger partial charge in [0, 0.05) is 9.13 Å². The third-order valence-electron chi connectivity index (χ3n) is 3.70. The molecule has 0 unspecified atom stereocenters. The summed E-state index contributed by atoms with van der Waals surface area (Å²) in [6.07, 6.45) is 1.88. The topological polar surface area (TPSA) is 29.5 Å². The first-order valence-corrected chi connectivity index (χ1v) is 11.3. The van der Waals surface area contributed by atoms with Gasteiger partial charge in [-0.2, -0.15) is 0 Å². The molecule has 1 fully saturated rings. The van der Waals surface area contributed by atoms with Gasteiger partial charge < -0.3 is 4.74 Å². The van der Waals surface area contributed by atoms with E-state index >= 15 is 0 Å². The van der Waals surface area contributed by atoms with E-state index in [-0.39, 0.29) is 5.91 Å². The molecule has 26 heavy (non-hydrogen) atoms. The van der Waals surface area contributed by atoms with Crippen molar-refractivity contribution in [2.24, 2.45) is 0 Å². The molecule has 7 heteroatoms. The highest BCUT2D eigenvalue weighted by Gasteiger charge is 2.33. The third-order valence-corrected chi connectivity index (χ3v) is 6.42. The van der Waals surface area contributed by atoms with E-state index in [1.54, 1.807) is 4.90 Å². The van der Waals surface area contributed by atoms with Crippen LogP contribution in [-0.2, 0) is 4.79 Å². The summed E-state index contributed by atoms with van der Waals surface area (Å²) in [4.78, 5) is 15.1. The number of anilines is 1. The van der Waals surface area contributed by atoms with Crippen LogP contribution in [0.15, 0.2) is 41.3 Å². The van der Waals surface area contributed by atoms with Crippen molar-refractivity contribution in [2.45, 2.75) is 13.8 Å². The van der Waals surface area contributed by atoms with E-state index in [0.717, 1.165) is 29.7 Å². The molecule has 0 aromatic heterocycles. The third kappa shape index (κ3) is 4.26. The summed E-state index contributed by atoms with van der Waals surface area (Å²) < 4.78 is 8.46. The van der Waals surface area contributed by atoms with Crippen molar-refractivity contribution in [3.8, 4) is 5.75 Å². The average molecular weight is 607 g/mol. The Hall–Kier alpha value is -0.650. The number of ether oxygens (including phenoxy) is 1. The Balaban J connectivity index is 1.99. The van der Waals surface area contributed by atoms with Crippen LogP contribution in [0.3, 0.4) is 0 Å². The Morgan fingerprint density at radius 1 is 1.23 bits per heavy atom. The minimum absolute atomic E-state index is 0.0971. The van der Waals surface area contributed by atoms with E-state index in [0.29, 0.717) is 15.8 Å². The predicted octanol–water partition coefficient (Wildman–Crippen LogP) is 6.01. The van der Waals surface area contributed by atoms with Crippen molar-refractivity contribution in [1.29, 1.82) is 0 Å². The largest absolute Gasteiger partial charge is 0.492 e. The SMILES string of the molecule is CCOc1c(I)cc(I)cc1/C=C1\SC(=S)N(c2ccc(C)cc2)C1=O. The second-order valence-corrected chi connectivity index (χ2v) is 9.68. The molecule has 0 spiro atoms. The molecule has 0 bridgehead atoms. The van der Waals surface area contributed by atoms with Gasteiger partial charge in [0.15, 0.2) is 4.32 Å². The van der Waals surface area contributed by atoms with Crippen LogP contribution in [0.1, 0.15) is 18.1 Å². The number of rotatable bonds is 4. The van der Waals surface area contributed by atoms with E-state index < -0.39 is 0 Å². The molecule has 0 saturated carbocycles. The zero-order chi connectivity index (χ0) is 18.8. The Labute approximate surface area is 189 Å². The molecule has 1 aliphatic heterocycles. The van der Waals surface area contributed by atoms with E-state index in [9.17, 15) is 4.79 Å². The van der Waals surface area contributed by atoms with Gasteiger partial charge in [-0.15, -0.1) is 0 Å². The van der Waals surface area contributed by atoms with Crippen LogP contribution in [0, 0.1) is 14.1 Å². The number of amides is 1. The summed E-state index contributed by atoms with van der Waals surface area (Å²) in [6.45, 7) is 4.54. The molecule has 3 nitrogen and oxygen atoms in total. The zero-order valence-corrected chi connectivity index (χ0v) is 20.0. The number of hydrogen-bond donors (Lipinski definition) is 0. The van der Waals surface area contributed by atoms with Crippen LogP contribution in [0.2, 0.25) is 0 Å². The fourth-order valence-electron chi connectivity index (χ4n) is 2.51. The molecule has 0 atom stereocenters. The van der Waals surface area contributed by atoms with Crippen molar-refractivity contribution < 1.29 is 9.53 Å². The van der Waals surface area contributed by atoms with Crippen molar-refractivity contribution in [1.82, 2.24) is 0 Å². The van der Waals surface area contributed by atoms with Crippen LogP contribution in [0.5, 0.6) is 5.75 Å². The van der Waals surface area contributed by atoms with Gasteiger partial charge in [-0.1, -0.05) is 41.7 Å². The predicted molar refractivity (Wildman–Crippen MR) is 130 cm³/mol. The normalized spacial score (nSPS) is 15.8. The van der Waals surface area contributed by atoms with E-state index in [2.05, 4.69) is 51.2 Å². The standard InChI is InChI=1S/C19H15I2NO2S2/c1-3-24-17-12(8-13(20)10-15(17)21)9-16-18(23)22(19(25)26-16)14-6-4-11(2)5-7-14/h4-10H,3H2,1-2H3/b16-9-. The molecule has 0 N–H and O–H groups in total. The Bertz CT molecular complexity index is 911. The molecule has 0 aliphatic carbocycles. The number of halogens is 2. The first-order valence-electron chi connectivity index (χ1n) is 7.87.